The summed E-state index contributed by atoms with van der Waals surface area (Å²) in [5.41, 5.74) is 6.31. The number of rotatable bonds is 6. The van der Waals surface area contributed by atoms with Crippen molar-refractivity contribution < 1.29 is 0 Å². The molecular formula is C41H34P2. The van der Waals surface area contributed by atoms with E-state index in [-0.39, 0.29) is 5.41 Å². The minimum Gasteiger partial charge on any atom is -0.0622 e. The van der Waals surface area contributed by atoms with E-state index in [1.807, 2.05) is 0 Å². The van der Waals surface area contributed by atoms with Crippen LogP contribution in [0.3, 0.4) is 0 Å². The molecule has 0 amide bonds. The summed E-state index contributed by atoms with van der Waals surface area (Å²) in [4.78, 5) is 0. The molecule has 208 valence electrons. The van der Waals surface area contributed by atoms with E-state index >= 15 is 0 Å². The van der Waals surface area contributed by atoms with Gasteiger partial charge in [0.15, 0.2) is 0 Å². The van der Waals surface area contributed by atoms with Crippen LogP contribution in [0.15, 0.2) is 158 Å². The fourth-order valence-corrected chi connectivity index (χ4v) is 12.7. The largest absolute Gasteiger partial charge is 0.0622 e. The molecule has 0 atom stereocenters. The van der Waals surface area contributed by atoms with Crippen LogP contribution < -0.4 is 31.8 Å². The second kappa shape index (κ2) is 11.0. The first-order valence-electron chi connectivity index (χ1n) is 15.3. The Labute approximate surface area is 258 Å². The zero-order chi connectivity index (χ0) is 28.8. The van der Waals surface area contributed by atoms with Crippen molar-refractivity contribution in [2.75, 3.05) is 0 Å². The summed E-state index contributed by atoms with van der Waals surface area (Å²) < 4.78 is 0. The summed E-state index contributed by atoms with van der Waals surface area (Å²) in [7, 11) is -1.38. The maximum Gasteiger partial charge on any atom is 0.0181 e. The van der Waals surface area contributed by atoms with Crippen molar-refractivity contribution in [2.24, 2.45) is 0 Å². The average molecular weight is 589 g/mol. The zero-order valence-corrected chi connectivity index (χ0v) is 26.2. The highest BCUT2D eigenvalue weighted by molar-refractivity contribution is 7.80. The maximum absolute atomic E-state index is 2.52. The quantitative estimate of drug-likeness (QED) is 0.175. The van der Waals surface area contributed by atoms with Crippen molar-refractivity contribution in [1.82, 2.24) is 0 Å². The first kappa shape index (κ1) is 26.8. The Kier molecular flexibility index (Phi) is 6.87. The molecule has 0 fully saturated rings. The molecule has 0 spiro atoms. The summed E-state index contributed by atoms with van der Waals surface area (Å²) in [6, 6.07) is 59.4. The third-order valence-corrected chi connectivity index (χ3v) is 14.5. The minimum atomic E-state index is -0.691. The first-order chi connectivity index (χ1) is 21.2. The molecule has 0 aliphatic heterocycles. The van der Waals surface area contributed by atoms with Crippen LogP contribution in [0, 0.1) is 0 Å². The van der Waals surface area contributed by atoms with Crippen LogP contribution in [-0.2, 0) is 5.41 Å². The molecule has 0 saturated heterocycles. The van der Waals surface area contributed by atoms with Crippen molar-refractivity contribution in [3.05, 3.63) is 180 Å². The number of hydrogen-bond acceptors (Lipinski definition) is 0. The van der Waals surface area contributed by atoms with Gasteiger partial charge >= 0.3 is 0 Å². The fourth-order valence-electron chi connectivity index (χ4n) is 7.63. The van der Waals surface area contributed by atoms with Crippen LogP contribution in [0.1, 0.15) is 47.9 Å². The topological polar surface area (TPSA) is 0 Å². The van der Waals surface area contributed by atoms with Gasteiger partial charge in [-0.1, -0.05) is 165 Å². The predicted octanol–water partition coefficient (Wildman–Crippen LogP) is 7.75. The average Bonchev–Trinajstić information content (AvgIpc) is 3.08. The molecule has 0 nitrogen and oxygen atoms in total. The molecule has 0 unspecified atom stereocenters. The van der Waals surface area contributed by atoms with Crippen LogP contribution in [0.25, 0.3) is 0 Å². The molecular weight excluding hydrogens is 554 g/mol. The molecule has 3 aliphatic carbocycles. The maximum atomic E-state index is 2.52. The Morgan fingerprint density at radius 1 is 0.442 bits per heavy atom. The van der Waals surface area contributed by atoms with Crippen LogP contribution in [-0.4, -0.2) is 0 Å². The normalized spacial score (nSPS) is 18.4. The van der Waals surface area contributed by atoms with Crippen molar-refractivity contribution in [1.29, 1.82) is 0 Å². The van der Waals surface area contributed by atoms with Crippen molar-refractivity contribution >= 4 is 47.7 Å². The molecule has 2 heteroatoms. The Morgan fingerprint density at radius 3 is 1.14 bits per heavy atom. The van der Waals surface area contributed by atoms with Crippen molar-refractivity contribution in [3.63, 3.8) is 0 Å². The van der Waals surface area contributed by atoms with E-state index in [0.717, 1.165) is 0 Å². The Bertz CT molecular complexity index is 1670. The van der Waals surface area contributed by atoms with Crippen molar-refractivity contribution in [2.45, 2.75) is 31.1 Å². The van der Waals surface area contributed by atoms with Crippen LogP contribution in [0.4, 0.5) is 0 Å². The van der Waals surface area contributed by atoms with E-state index in [9.17, 15) is 0 Å². The molecule has 6 aromatic carbocycles. The summed E-state index contributed by atoms with van der Waals surface area (Å²) in [6.07, 6.45) is 2.40. The van der Waals surface area contributed by atoms with E-state index in [4.69, 9.17) is 0 Å². The summed E-state index contributed by atoms with van der Waals surface area (Å²) in [5.74, 6) is 0.397. The van der Waals surface area contributed by atoms with Gasteiger partial charge in [-0.25, -0.2) is 0 Å². The third-order valence-electron chi connectivity index (χ3n) is 9.52. The molecule has 9 rings (SSSR count). The highest BCUT2D eigenvalue weighted by atomic mass is 31.1. The molecule has 0 aromatic heterocycles. The predicted molar refractivity (Wildman–Crippen MR) is 188 cm³/mol. The van der Waals surface area contributed by atoms with Gasteiger partial charge in [-0.3, -0.25) is 0 Å². The third kappa shape index (κ3) is 4.43. The molecule has 0 radical (unpaired) electrons. The van der Waals surface area contributed by atoms with Crippen molar-refractivity contribution in [3.8, 4) is 0 Å². The Hall–Kier alpha value is -3.82. The van der Waals surface area contributed by atoms with Gasteiger partial charge in [0, 0.05) is 11.3 Å². The second-order valence-electron chi connectivity index (χ2n) is 11.9. The van der Waals surface area contributed by atoms with Gasteiger partial charge in [-0.15, -0.1) is 0 Å². The van der Waals surface area contributed by atoms with E-state index < -0.39 is 15.8 Å². The molecule has 0 saturated carbocycles. The Balaban J connectivity index is 1.38. The zero-order valence-electron chi connectivity index (χ0n) is 24.4. The van der Waals surface area contributed by atoms with Crippen LogP contribution >= 0.6 is 15.8 Å². The van der Waals surface area contributed by atoms with Gasteiger partial charge in [-0.2, -0.15) is 0 Å². The highest BCUT2D eigenvalue weighted by Gasteiger charge is 2.48. The van der Waals surface area contributed by atoms with Gasteiger partial charge in [0.1, 0.15) is 0 Å². The van der Waals surface area contributed by atoms with Crippen LogP contribution in [0.2, 0.25) is 0 Å². The first-order valence-corrected chi connectivity index (χ1v) is 18.0. The molecule has 3 aliphatic rings. The van der Waals surface area contributed by atoms with E-state index in [1.54, 1.807) is 22.3 Å². The fraction of sp³-hybridized carbons (Fsp3) is 0.122. The molecule has 6 aromatic rings. The van der Waals surface area contributed by atoms with E-state index in [2.05, 4.69) is 165 Å². The summed E-state index contributed by atoms with van der Waals surface area (Å²) >= 11 is 0. The lowest BCUT2D eigenvalue weighted by atomic mass is 9.56. The standard InChI is InChI=1S/C41H34P2/c1-41-29-28-34(39-35(41)24-14-26-37(39)42(30-16-6-2-7-17-30)31-18-8-3-9-19-31)40-36(41)25-15-27-38(40)43(32-20-10-4-11-21-32)33-22-12-5-13-23-33/h2-27,34H,28-29H2,1H3. The molecule has 43 heavy (non-hydrogen) atoms. The van der Waals surface area contributed by atoms with Gasteiger partial charge in [-0.05, 0) is 82.8 Å². The summed E-state index contributed by atoms with van der Waals surface area (Å²) in [5, 5.41) is 8.76. The SMILES string of the molecule is CC12CCC(c3c(P(c4ccccc4)c4ccccc4)cccc31)c1c(P(c3ccccc3)c3ccccc3)cccc12. The number of benzene rings is 6. The van der Waals surface area contributed by atoms with E-state index in [0.29, 0.717) is 5.92 Å². The van der Waals surface area contributed by atoms with E-state index in [1.165, 1.54) is 44.7 Å². The lowest BCUT2D eigenvalue weighted by Crippen LogP contribution is -2.44. The van der Waals surface area contributed by atoms with Gasteiger partial charge in [0.05, 0.1) is 0 Å². The highest BCUT2D eigenvalue weighted by Crippen LogP contribution is 2.58. The van der Waals surface area contributed by atoms with Gasteiger partial charge < -0.3 is 0 Å². The molecule has 2 bridgehead atoms. The number of hydrogen-bond donors (Lipinski definition) is 0. The molecule has 0 N–H and O–H groups in total. The van der Waals surface area contributed by atoms with Gasteiger partial charge in [0.25, 0.3) is 0 Å². The lowest BCUT2D eigenvalue weighted by Gasteiger charge is -2.50. The summed E-state index contributed by atoms with van der Waals surface area (Å²) in [6.45, 7) is 2.52. The monoisotopic (exact) mass is 588 g/mol. The minimum absolute atomic E-state index is 0.00813. The van der Waals surface area contributed by atoms with Gasteiger partial charge in [0.2, 0.25) is 0 Å². The smallest absolute Gasteiger partial charge is 0.0181 e. The second-order valence-corrected chi connectivity index (χ2v) is 16.3. The molecule has 0 heterocycles. The number of fused-ring (bicyclic) bond motifs is 1. The Morgan fingerprint density at radius 2 is 0.791 bits per heavy atom. The lowest BCUT2D eigenvalue weighted by molar-refractivity contribution is 0.405. The van der Waals surface area contributed by atoms with Crippen LogP contribution in [0.5, 0.6) is 0 Å².